The quantitative estimate of drug-likeness (QED) is 0.267. The average Bonchev–Trinajstić information content (AvgIpc) is 3.27. The van der Waals surface area contributed by atoms with E-state index >= 15 is 0 Å². The molecule has 0 spiro atoms. The Morgan fingerprint density at radius 1 is 0.917 bits per heavy atom. The van der Waals surface area contributed by atoms with E-state index in [2.05, 4.69) is 98.8 Å². The molecule has 1 aromatic heterocycles. The first-order valence-electron chi connectivity index (χ1n) is 13.1. The van der Waals surface area contributed by atoms with Gasteiger partial charge < -0.3 is 14.8 Å². The van der Waals surface area contributed by atoms with Crippen LogP contribution < -0.4 is 5.32 Å². The summed E-state index contributed by atoms with van der Waals surface area (Å²) in [5, 5.41) is 4.08. The van der Waals surface area contributed by atoms with Crippen LogP contribution in [0.5, 0.6) is 0 Å². The first-order chi connectivity index (χ1) is 17.2. The van der Waals surface area contributed by atoms with Crippen LogP contribution in [0, 0.1) is 0 Å². The Labute approximate surface area is 215 Å². The fraction of sp³-hybridized carbons (Fsp3) is 0.344. The number of aromatic nitrogens is 1. The van der Waals surface area contributed by atoms with E-state index in [-0.39, 0.29) is 11.3 Å². The minimum atomic E-state index is -0.0953. The minimum absolute atomic E-state index is 0.0335. The van der Waals surface area contributed by atoms with Crippen molar-refractivity contribution in [2.24, 2.45) is 0 Å². The molecular weight excluding hydrogens is 442 g/mol. The number of amides is 1. The van der Waals surface area contributed by atoms with Gasteiger partial charge in [-0.25, -0.2) is 0 Å². The van der Waals surface area contributed by atoms with Crippen molar-refractivity contribution in [1.29, 1.82) is 0 Å². The molecule has 4 nitrogen and oxygen atoms in total. The zero-order chi connectivity index (χ0) is 25.9. The maximum atomic E-state index is 13.5. The Kier molecular flexibility index (Phi) is 7.65. The lowest BCUT2D eigenvalue weighted by Crippen LogP contribution is -2.36. The van der Waals surface area contributed by atoms with Gasteiger partial charge in [-0.15, -0.1) is 0 Å². The van der Waals surface area contributed by atoms with Crippen molar-refractivity contribution < 1.29 is 4.79 Å². The zero-order valence-electron chi connectivity index (χ0n) is 22.5. The van der Waals surface area contributed by atoms with Gasteiger partial charge in [-0.1, -0.05) is 90.1 Å². The monoisotopic (exact) mass is 481 g/mol. The van der Waals surface area contributed by atoms with Crippen molar-refractivity contribution >= 4 is 22.5 Å². The van der Waals surface area contributed by atoms with E-state index in [1.165, 1.54) is 11.1 Å². The van der Waals surface area contributed by atoms with E-state index < -0.39 is 0 Å². The van der Waals surface area contributed by atoms with Gasteiger partial charge in [0.1, 0.15) is 0 Å². The summed E-state index contributed by atoms with van der Waals surface area (Å²) >= 11 is 0. The van der Waals surface area contributed by atoms with Gasteiger partial charge in [0.15, 0.2) is 0 Å². The number of nitrogens with zero attached hydrogens (tertiary/aromatic N) is 2. The van der Waals surface area contributed by atoms with Gasteiger partial charge in [0.25, 0.3) is 5.91 Å². The molecule has 1 N–H and O–H groups in total. The summed E-state index contributed by atoms with van der Waals surface area (Å²) in [7, 11) is 0. The molecule has 3 aromatic carbocycles. The lowest BCUT2D eigenvalue weighted by molar-refractivity contribution is 0.102. The Morgan fingerprint density at radius 3 is 2.22 bits per heavy atom. The van der Waals surface area contributed by atoms with Crippen molar-refractivity contribution in [1.82, 2.24) is 9.47 Å². The summed E-state index contributed by atoms with van der Waals surface area (Å²) in [6, 6.07) is 24.9. The number of nitrogens with one attached hydrogen (secondary N) is 1. The standard InChI is InChI=1S/C32H39N3O/c1-7-34(8-2)22-32(5,6)24-17-19-25(20-18-24)33-31(36)28-21-35(30-16-12-10-14-27(28)30)29-15-11-9-13-26(29)23(3)4/h9-21,23H,7-8,22H2,1-6H3,(H,33,36). The van der Waals surface area contributed by atoms with Crippen molar-refractivity contribution in [2.45, 2.75) is 52.9 Å². The van der Waals surface area contributed by atoms with Crippen LogP contribution in [0.25, 0.3) is 16.6 Å². The molecule has 0 aliphatic heterocycles. The van der Waals surface area contributed by atoms with E-state index in [9.17, 15) is 4.79 Å². The van der Waals surface area contributed by atoms with Crippen LogP contribution in [0.3, 0.4) is 0 Å². The maximum Gasteiger partial charge on any atom is 0.257 e. The fourth-order valence-electron chi connectivity index (χ4n) is 5.06. The van der Waals surface area contributed by atoms with Crippen LogP contribution in [-0.4, -0.2) is 35.0 Å². The van der Waals surface area contributed by atoms with Crippen molar-refractivity contribution in [3.05, 3.63) is 95.7 Å². The van der Waals surface area contributed by atoms with Crippen molar-refractivity contribution in [3.63, 3.8) is 0 Å². The van der Waals surface area contributed by atoms with Crippen LogP contribution in [0.2, 0.25) is 0 Å². The van der Waals surface area contributed by atoms with Crippen LogP contribution in [0.15, 0.2) is 79.0 Å². The van der Waals surface area contributed by atoms with Crippen LogP contribution in [0.4, 0.5) is 5.69 Å². The van der Waals surface area contributed by atoms with E-state index in [1.807, 2.05) is 36.5 Å². The van der Waals surface area contributed by atoms with E-state index in [0.29, 0.717) is 11.5 Å². The van der Waals surface area contributed by atoms with Gasteiger partial charge in [-0.2, -0.15) is 0 Å². The molecule has 188 valence electrons. The Morgan fingerprint density at radius 2 is 1.56 bits per heavy atom. The van der Waals surface area contributed by atoms with Gasteiger partial charge in [-0.05, 0) is 54.4 Å². The van der Waals surface area contributed by atoms with Crippen LogP contribution in [-0.2, 0) is 5.41 Å². The third-order valence-corrected chi connectivity index (χ3v) is 7.21. The molecule has 1 amide bonds. The SMILES string of the molecule is CCN(CC)CC(C)(C)c1ccc(NC(=O)c2cn(-c3ccccc3C(C)C)c3ccccc23)cc1. The largest absolute Gasteiger partial charge is 0.322 e. The molecule has 0 atom stereocenters. The molecule has 1 heterocycles. The second-order valence-corrected chi connectivity index (χ2v) is 10.5. The molecule has 0 bridgehead atoms. The van der Waals surface area contributed by atoms with E-state index in [4.69, 9.17) is 0 Å². The number of hydrogen-bond acceptors (Lipinski definition) is 2. The normalized spacial score (nSPS) is 12.0. The van der Waals surface area contributed by atoms with Gasteiger partial charge in [0, 0.05) is 34.9 Å². The lowest BCUT2D eigenvalue weighted by atomic mass is 9.84. The number of fused-ring (bicyclic) bond motifs is 1. The summed E-state index contributed by atoms with van der Waals surface area (Å²) in [5.41, 5.74) is 6.19. The third-order valence-electron chi connectivity index (χ3n) is 7.21. The van der Waals surface area contributed by atoms with Crippen molar-refractivity contribution in [2.75, 3.05) is 25.0 Å². The summed E-state index contributed by atoms with van der Waals surface area (Å²) < 4.78 is 2.15. The van der Waals surface area contributed by atoms with Gasteiger partial charge in [0.05, 0.1) is 11.1 Å². The average molecular weight is 482 g/mol. The summed E-state index contributed by atoms with van der Waals surface area (Å²) in [6.07, 6.45) is 1.97. The molecule has 0 radical (unpaired) electrons. The van der Waals surface area contributed by atoms with Crippen LogP contribution >= 0.6 is 0 Å². The molecule has 0 saturated carbocycles. The first kappa shape index (κ1) is 25.7. The second-order valence-electron chi connectivity index (χ2n) is 10.5. The lowest BCUT2D eigenvalue weighted by Gasteiger charge is -2.32. The molecule has 4 heteroatoms. The molecule has 4 aromatic rings. The van der Waals surface area contributed by atoms with Gasteiger partial charge in [0.2, 0.25) is 0 Å². The Balaban J connectivity index is 1.62. The molecular formula is C32H39N3O. The summed E-state index contributed by atoms with van der Waals surface area (Å²) in [4.78, 5) is 15.9. The molecule has 4 rings (SSSR count). The van der Waals surface area contributed by atoms with E-state index in [1.54, 1.807) is 0 Å². The molecule has 0 aliphatic carbocycles. The molecule has 0 unspecified atom stereocenters. The van der Waals surface area contributed by atoms with Gasteiger partial charge >= 0.3 is 0 Å². The highest BCUT2D eigenvalue weighted by Gasteiger charge is 2.23. The fourth-order valence-corrected chi connectivity index (χ4v) is 5.06. The topological polar surface area (TPSA) is 37.3 Å². The molecule has 0 saturated heterocycles. The highest BCUT2D eigenvalue weighted by Crippen LogP contribution is 2.31. The Bertz CT molecular complexity index is 1330. The number of anilines is 1. The number of likely N-dealkylation sites (N-methyl/N-ethyl adjacent to an activating group) is 1. The predicted octanol–water partition coefficient (Wildman–Crippen LogP) is 7.63. The smallest absolute Gasteiger partial charge is 0.257 e. The molecule has 36 heavy (non-hydrogen) atoms. The number of hydrogen-bond donors (Lipinski definition) is 1. The minimum Gasteiger partial charge on any atom is -0.322 e. The molecule has 0 aliphatic rings. The summed E-state index contributed by atoms with van der Waals surface area (Å²) in [6.45, 7) is 16.5. The number of rotatable bonds is 9. The Hall–Kier alpha value is -3.37. The highest BCUT2D eigenvalue weighted by atomic mass is 16.1. The number of para-hydroxylation sites is 2. The van der Waals surface area contributed by atoms with Crippen molar-refractivity contribution in [3.8, 4) is 5.69 Å². The van der Waals surface area contributed by atoms with Crippen LogP contribution in [0.1, 0.15) is 68.9 Å². The predicted molar refractivity (Wildman–Crippen MR) is 153 cm³/mol. The number of benzene rings is 3. The van der Waals surface area contributed by atoms with E-state index in [0.717, 1.165) is 41.9 Å². The summed E-state index contributed by atoms with van der Waals surface area (Å²) in [5.74, 6) is 0.284. The highest BCUT2D eigenvalue weighted by molar-refractivity contribution is 6.13. The maximum absolute atomic E-state index is 13.5. The first-order valence-corrected chi connectivity index (χ1v) is 13.1. The number of carbonyl (C=O) groups is 1. The second kappa shape index (κ2) is 10.7. The zero-order valence-corrected chi connectivity index (χ0v) is 22.5. The third kappa shape index (κ3) is 5.24. The number of carbonyl (C=O) groups excluding carboxylic acids is 1. The van der Waals surface area contributed by atoms with Gasteiger partial charge in [-0.3, -0.25) is 4.79 Å². The molecule has 0 fully saturated rings.